The first-order valence-corrected chi connectivity index (χ1v) is 6.02. The number of hydrogen-bond acceptors (Lipinski definition) is 2. The summed E-state index contributed by atoms with van der Waals surface area (Å²) in [5.74, 6) is -1.05. The summed E-state index contributed by atoms with van der Waals surface area (Å²) < 4.78 is 13.0. The summed E-state index contributed by atoms with van der Waals surface area (Å²) in [5, 5.41) is 12.1. The van der Waals surface area contributed by atoms with Crippen molar-refractivity contribution in [3.8, 4) is 0 Å². The van der Waals surface area contributed by atoms with E-state index < -0.39 is 11.4 Å². The topological polar surface area (TPSA) is 49.3 Å². The monoisotopic (exact) mass is 253 g/mol. The van der Waals surface area contributed by atoms with Crippen molar-refractivity contribution in [2.45, 2.75) is 33.7 Å². The van der Waals surface area contributed by atoms with Crippen molar-refractivity contribution in [3.05, 3.63) is 35.1 Å². The van der Waals surface area contributed by atoms with Gasteiger partial charge in [-0.25, -0.2) is 4.39 Å². The van der Waals surface area contributed by atoms with Crippen molar-refractivity contribution in [1.82, 2.24) is 5.32 Å². The van der Waals surface area contributed by atoms with Crippen LogP contribution in [0.5, 0.6) is 0 Å². The van der Waals surface area contributed by atoms with E-state index >= 15 is 0 Å². The molecule has 18 heavy (non-hydrogen) atoms. The molecule has 0 saturated heterocycles. The van der Waals surface area contributed by atoms with Crippen molar-refractivity contribution in [1.29, 1.82) is 0 Å². The van der Waals surface area contributed by atoms with Gasteiger partial charge >= 0.3 is 5.97 Å². The molecule has 0 spiro atoms. The van der Waals surface area contributed by atoms with Crippen LogP contribution in [0.15, 0.2) is 18.2 Å². The van der Waals surface area contributed by atoms with Crippen LogP contribution in [-0.4, -0.2) is 17.6 Å². The first-order valence-electron chi connectivity index (χ1n) is 6.02. The molecule has 0 aromatic heterocycles. The Bertz CT molecular complexity index is 430. The summed E-state index contributed by atoms with van der Waals surface area (Å²) in [6.07, 6.45) is 0.538. The predicted octanol–water partition coefficient (Wildman–Crippen LogP) is 2.72. The molecule has 1 aromatic rings. The fraction of sp³-hybridized carbons (Fsp3) is 0.500. The molecule has 3 nitrogen and oxygen atoms in total. The second-order valence-corrected chi connectivity index (χ2v) is 5.19. The highest BCUT2D eigenvalue weighted by Gasteiger charge is 2.26. The zero-order valence-corrected chi connectivity index (χ0v) is 11.1. The van der Waals surface area contributed by atoms with Gasteiger partial charge in [0.25, 0.3) is 0 Å². The maximum atomic E-state index is 13.0. The second-order valence-electron chi connectivity index (χ2n) is 5.19. The van der Waals surface area contributed by atoms with E-state index in [2.05, 4.69) is 5.32 Å². The minimum Gasteiger partial charge on any atom is -0.481 e. The lowest BCUT2D eigenvalue weighted by molar-refractivity contribution is -0.147. The van der Waals surface area contributed by atoms with E-state index in [1.807, 2.05) is 6.92 Å². The van der Waals surface area contributed by atoms with Gasteiger partial charge in [0, 0.05) is 6.54 Å². The van der Waals surface area contributed by atoms with E-state index in [1.54, 1.807) is 19.9 Å². The quantitative estimate of drug-likeness (QED) is 0.766. The van der Waals surface area contributed by atoms with Gasteiger partial charge in [0.15, 0.2) is 0 Å². The highest BCUT2D eigenvalue weighted by Crippen LogP contribution is 2.19. The van der Waals surface area contributed by atoms with Crippen molar-refractivity contribution in [2.75, 3.05) is 6.54 Å². The van der Waals surface area contributed by atoms with Crippen LogP contribution in [0.4, 0.5) is 4.39 Å². The standard InChI is InChI=1S/C14H20FNO2/c1-10-4-5-12(15)8-11(10)9-16-7-6-14(2,3)13(17)18/h4-5,8,16H,6-7,9H2,1-3H3,(H,17,18). The van der Waals surface area contributed by atoms with Crippen LogP contribution < -0.4 is 5.32 Å². The van der Waals surface area contributed by atoms with Crippen LogP contribution in [0.1, 0.15) is 31.4 Å². The summed E-state index contributed by atoms with van der Waals surface area (Å²) in [5.41, 5.74) is 1.20. The number of carboxylic acid groups (broad SMARTS) is 1. The average molecular weight is 253 g/mol. The summed E-state index contributed by atoms with van der Waals surface area (Å²) >= 11 is 0. The van der Waals surface area contributed by atoms with E-state index in [4.69, 9.17) is 5.11 Å². The fourth-order valence-electron chi connectivity index (χ4n) is 1.56. The summed E-state index contributed by atoms with van der Waals surface area (Å²) in [7, 11) is 0. The zero-order chi connectivity index (χ0) is 13.8. The van der Waals surface area contributed by atoms with Crippen molar-refractivity contribution in [2.24, 2.45) is 5.41 Å². The molecule has 1 rings (SSSR count). The zero-order valence-electron chi connectivity index (χ0n) is 11.1. The van der Waals surface area contributed by atoms with E-state index in [9.17, 15) is 9.18 Å². The van der Waals surface area contributed by atoms with E-state index in [1.165, 1.54) is 12.1 Å². The highest BCUT2D eigenvalue weighted by molar-refractivity contribution is 5.73. The van der Waals surface area contributed by atoms with Crippen LogP contribution in [-0.2, 0) is 11.3 Å². The summed E-state index contributed by atoms with van der Waals surface area (Å²) in [6.45, 7) is 6.47. The first kappa shape index (κ1) is 14.6. The third-order valence-electron chi connectivity index (χ3n) is 3.13. The number of hydrogen-bond donors (Lipinski definition) is 2. The molecule has 0 aliphatic heterocycles. The molecule has 0 aliphatic carbocycles. The third kappa shape index (κ3) is 4.11. The Morgan fingerprint density at radius 3 is 2.72 bits per heavy atom. The fourth-order valence-corrected chi connectivity index (χ4v) is 1.56. The molecule has 0 atom stereocenters. The molecule has 4 heteroatoms. The van der Waals surface area contributed by atoms with Crippen LogP contribution in [0.3, 0.4) is 0 Å². The number of aliphatic carboxylic acids is 1. The van der Waals surface area contributed by atoms with Crippen LogP contribution in [0, 0.1) is 18.2 Å². The molecular formula is C14H20FNO2. The molecule has 0 fully saturated rings. The lowest BCUT2D eigenvalue weighted by Crippen LogP contribution is -2.28. The average Bonchev–Trinajstić information content (AvgIpc) is 2.28. The van der Waals surface area contributed by atoms with Gasteiger partial charge in [0.2, 0.25) is 0 Å². The Morgan fingerprint density at radius 1 is 1.44 bits per heavy atom. The third-order valence-corrected chi connectivity index (χ3v) is 3.13. The van der Waals surface area contributed by atoms with Gasteiger partial charge in [-0.3, -0.25) is 4.79 Å². The molecule has 1 aromatic carbocycles. The van der Waals surface area contributed by atoms with Crippen LogP contribution in [0.25, 0.3) is 0 Å². The Balaban J connectivity index is 2.43. The molecule has 0 amide bonds. The smallest absolute Gasteiger partial charge is 0.309 e. The minimum atomic E-state index is -0.800. The van der Waals surface area contributed by atoms with Crippen molar-refractivity contribution >= 4 is 5.97 Å². The lowest BCUT2D eigenvalue weighted by atomic mass is 9.90. The minimum absolute atomic E-state index is 0.247. The van der Waals surface area contributed by atoms with E-state index in [-0.39, 0.29) is 5.82 Å². The molecule has 0 unspecified atom stereocenters. The van der Waals surface area contributed by atoms with Crippen LogP contribution >= 0.6 is 0 Å². The van der Waals surface area contributed by atoms with Crippen LogP contribution in [0.2, 0.25) is 0 Å². The van der Waals surface area contributed by atoms with Gasteiger partial charge in [-0.2, -0.15) is 0 Å². The Labute approximate surface area is 107 Å². The number of carbonyl (C=O) groups is 1. The van der Waals surface area contributed by atoms with Gasteiger partial charge in [-0.05, 0) is 57.0 Å². The molecular weight excluding hydrogens is 233 g/mol. The Morgan fingerprint density at radius 2 is 2.11 bits per heavy atom. The van der Waals surface area contributed by atoms with Crippen molar-refractivity contribution in [3.63, 3.8) is 0 Å². The summed E-state index contributed by atoms with van der Waals surface area (Å²) in [4.78, 5) is 10.9. The lowest BCUT2D eigenvalue weighted by Gasteiger charge is -2.19. The van der Waals surface area contributed by atoms with Gasteiger partial charge in [-0.15, -0.1) is 0 Å². The predicted molar refractivity (Wildman–Crippen MR) is 68.9 cm³/mol. The molecule has 0 radical (unpaired) electrons. The Hall–Kier alpha value is -1.42. The van der Waals surface area contributed by atoms with Gasteiger partial charge < -0.3 is 10.4 Å². The molecule has 0 saturated carbocycles. The SMILES string of the molecule is Cc1ccc(F)cc1CNCCC(C)(C)C(=O)O. The highest BCUT2D eigenvalue weighted by atomic mass is 19.1. The molecule has 100 valence electrons. The maximum Gasteiger partial charge on any atom is 0.309 e. The van der Waals surface area contributed by atoms with E-state index in [0.717, 1.165) is 11.1 Å². The number of nitrogens with one attached hydrogen (secondary N) is 1. The number of benzene rings is 1. The second kappa shape index (κ2) is 5.96. The van der Waals surface area contributed by atoms with Gasteiger partial charge in [0.05, 0.1) is 5.41 Å². The molecule has 0 aliphatic rings. The first-order chi connectivity index (χ1) is 8.33. The van der Waals surface area contributed by atoms with Crippen molar-refractivity contribution < 1.29 is 14.3 Å². The normalized spacial score (nSPS) is 11.6. The molecule has 0 bridgehead atoms. The Kier molecular flexibility index (Phi) is 4.84. The number of aryl methyl sites for hydroxylation is 1. The van der Waals surface area contributed by atoms with Gasteiger partial charge in [0.1, 0.15) is 5.82 Å². The molecule has 2 N–H and O–H groups in total. The number of carboxylic acids is 1. The largest absolute Gasteiger partial charge is 0.481 e. The number of rotatable bonds is 6. The number of halogens is 1. The van der Waals surface area contributed by atoms with Gasteiger partial charge in [-0.1, -0.05) is 6.07 Å². The molecule has 0 heterocycles. The maximum absolute atomic E-state index is 13.0. The summed E-state index contributed by atoms with van der Waals surface area (Å²) in [6, 6.07) is 4.69. The van der Waals surface area contributed by atoms with E-state index in [0.29, 0.717) is 19.5 Å².